The van der Waals surface area contributed by atoms with Crippen molar-refractivity contribution >= 4 is 29.0 Å². The molecule has 3 aromatic rings. The molecule has 34 heavy (non-hydrogen) atoms. The summed E-state index contributed by atoms with van der Waals surface area (Å²) in [5.41, 5.74) is 4.68. The van der Waals surface area contributed by atoms with Gasteiger partial charge >= 0.3 is 6.09 Å². The number of unbranched alkanes of at least 4 members (excludes halogenated alkanes) is 1. The minimum Gasteiger partial charge on any atom is -0.496 e. The molecular weight excluding hydrogens is 460 g/mol. The lowest BCUT2D eigenvalue weighted by atomic mass is 10.1. The fraction of sp³-hybridized carbons (Fsp3) is 0.417. The van der Waals surface area contributed by atoms with Gasteiger partial charge in [-0.25, -0.2) is 9.78 Å². The van der Waals surface area contributed by atoms with Crippen molar-refractivity contribution in [3.63, 3.8) is 0 Å². The molecule has 10 heteroatoms. The number of carboxylic acid groups (broad SMARTS) is 1. The summed E-state index contributed by atoms with van der Waals surface area (Å²) in [6.07, 6.45) is 5.55. The second-order valence-corrected chi connectivity index (χ2v) is 8.46. The Balaban J connectivity index is 1.68. The van der Waals surface area contributed by atoms with E-state index in [4.69, 9.17) is 35.9 Å². The third-order valence-electron chi connectivity index (χ3n) is 5.90. The van der Waals surface area contributed by atoms with Crippen LogP contribution in [0.2, 0.25) is 5.02 Å². The Kier molecular flexibility index (Phi) is 7.64. The lowest BCUT2D eigenvalue weighted by Crippen LogP contribution is -2.36. The number of hydrogen-bond donors (Lipinski definition) is 2. The zero-order valence-corrected chi connectivity index (χ0v) is 20.1. The van der Waals surface area contributed by atoms with Crippen LogP contribution in [0.1, 0.15) is 18.4 Å². The molecule has 0 saturated carbocycles. The van der Waals surface area contributed by atoms with Crippen LogP contribution in [0.15, 0.2) is 30.6 Å². The van der Waals surface area contributed by atoms with E-state index in [-0.39, 0.29) is 0 Å². The molecule has 0 spiro atoms. The summed E-state index contributed by atoms with van der Waals surface area (Å²) in [4.78, 5) is 17.9. The Morgan fingerprint density at radius 3 is 2.62 bits per heavy atom. The van der Waals surface area contributed by atoms with Gasteiger partial charge in [0.25, 0.3) is 0 Å². The first-order valence-corrected chi connectivity index (χ1v) is 11.6. The average molecular weight is 489 g/mol. The first-order valence-electron chi connectivity index (χ1n) is 11.2. The van der Waals surface area contributed by atoms with E-state index in [0.29, 0.717) is 36.3 Å². The molecule has 4 rings (SSSR count). The second kappa shape index (κ2) is 10.8. The van der Waals surface area contributed by atoms with E-state index in [1.165, 1.54) is 5.56 Å². The number of carbonyl (C=O) groups is 1. The number of pyridine rings is 1. The molecule has 0 unspecified atom stereocenters. The van der Waals surface area contributed by atoms with Gasteiger partial charge in [0.05, 0.1) is 38.1 Å². The number of nitrogens with zero attached hydrogens (tertiary/aromatic N) is 3. The number of anilines is 1. The van der Waals surface area contributed by atoms with Crippen molar-refractivity contribution in [2.24, 2.45) is 0 Å². The number of fused-ring (bicyclic) bond motifs is 1. The molecule has 1 aliphatic heterocycles. The molecule has 1 fully saturated rings. The minimum absolute atomic E-state index is 0.442. The van der Waals surface area contributed by atoms with Gasteiger partial charge in [-0.2, -0.15) is 0 Å². The zero-order valence-electron chi connectivity index (χ0n) is 19.3. The number of ether oxygens (including phenoxy) is 3. The lowest BCUT2D eigenvalue weighted by molar-refractivity contribution is 0.122. The number of methoxy groups -OCH3 is 2. The Hall–Kier alpha value is -3.17. The number of nitrogens with one attached hydrogen (secondary N) is 1. The van der Waals surface area contributed by atoms with Crippen LogP contribution >= 0.6 is 11.6 Å². The van der Waals surface area contributed by atoms with Crippen molar-refractivity contribution in [1.29, 1.82) is 0 Å². The van der Waals surface area contributed by atoms with Crippen LogP contribution in [-0.4, -0.2) is 67.7 Å². The van der Waals surface area contributed by atoms with Crippen molar-refractivity contribution in [3.8, 4) is 22.8 Å². The summed E-state index contributed by atoms with van der Waals surface area (Å²) < 4.78 is 18.4. The van der Waals surface area contributed by atoms with E-state index in [2.05, 4.69) is 22.5 Å². The zero-order chi connectivity index (χ0) is 24.1. The topological polar surface area (TPSA) is 97.6 Å². The molecule has 1 aliphatic rings. The number of aromatic nitrogens is 2. The normalized spacial score (nSPS) is 13.8. The highest BCUT2D eigenvalue weighted by Crippen LogP contribution is 2.38. The lowest BCUT2D eigenvalue weighted by Gasteiger charge is -2.30. The smallest absolute Gasteiger partial charge is 0.404 e. The molecule has 3 heterocycles. The van der Waals surface area contributed by atoms with Crippen LogP contribution in [0.4, 0.5) is 10.5 Å². The van der Waals surface area contributed by atoms with E-state index in [1.54, 1.807) is 26.4 Å². The predicted molar refractivity (Wildman–Crippen MR) is 131 cm³/mol. The Morgan fingerprint density at radius 1 is 1.15 bits per heavy atom. The van der Waals surface area contributed by atoms with Gasteiger partial charge in [-0.15, -0.1) is 0 Å². The van der Waals surface area contributed by atoms with Crippen molar-refractivity contribution in [2.45, 2.75) is 19.3 Å². The molecule has 0 aliphatic carbocycles. The first-order chi connectivity index (χ1) is 16.5. The van der Waals surface area contributed by atoms with Gasteiger partial charge in [0, 0.05) is 55.4 Å². The number of amides is 1. The van der Waals surface area contributed by atoms with Crippen LogP contribution < -0.4 is 19.7 Å². The van der Waals surface area contributed by atoms with Gasteiger partial charge in [0.1, 0.15) is 17.1 Å². The van der Waals surface area contributed by atoms with Gasteiger partial charge in [0.15, 0.2) is 0 Å². The number of rotatable bonds is 9. The average Bonchev–Trinajstić information content (AvgIpc) is 3.26. The number of morpholine rings is 1. The van der Waals surface area contributed by atoms with Crippen LogP contribution in [0.25, 0.3) is 16.9 Å². The molecule has 1 aromatic carbocycles. The Morgan fingerprint density at radius 2 is 1.91 bits per heavy atom. The van der Waals surface area contributed by atoms with Crippen LogP contribution in [-0.2, 0) is 11.2 Å². The molecule has 0 atom stereocenters. The van der Waals surface area contributed by atoms with Crippen molar-refractivity contribution < 1.29 is 24.1 Å². The van der Waals surface area contributed by atoms with E-state index < -0.39 is 6.09 Å². The van der Waals surface area contributed by atoms with Crippen LogP contribution in [0.5, 0.6) is 11.5 Å². The van der Waals surface area contributed by atoms with Gasteiger partial charge < -0.3 is 33.9 Å². The number of aryl methyl sites for hydroxylation is 1. The molecule has 182 valence electrons. The van der Waals surface area contributed by atoms with Gasteiger partial charge in [0.2, 0.25) is 0 Å². The summed E-state index contributed by atoms with van der Waals surface area (Å²) in [5.74, 6) is 1.17. The molecule has 2 N–H and O–H groups in total. The first kappa shape index (κ1) is 24.0. The van der Waals surface area contributed by atoms with Crippen molar-refractivity contribution in [2.75, 3.05) is 52.0 Å². The van der Waals surface area contributed by atoms with E-state index >= 15 is 0 Å². The summed E-state index contributed by atoms with van der Waals surface area (Å²) in [6, 6.07) is 5.68. The summed E-state index contributed by atoms with van der Waals surface area (Å²) in [7, 11) is 3.17. The molecule has 0 radical (unpaired) electrons. The maximum Gasteiger partial charge on any atom is 0.404 e. The maximum atomic E-state index is 10.7. The molecule has 2 aromatic heterocycles. The molecule has 0 bridgehead atoms. The SMILES string of the molecule is COc1cc(OC)c(-c2cn3cc(CCCCNC(=O)O)c(N4CCOCC4)cc3n2)cc1Cl. The van der Waals surface area contributed by atoms with Crippen LogP contribution in [0, 0.1) is 0 Å². The largest absolute Gasteiger partial charge is 0.496 e. The highest BCUT2D eigenvalue weighted by atomic mass is 35.5. The fourth-order valence-electron chi connectivity index (χ4n) is 4.18. The summed E-state index contributed by atoms with van der Waals surface area (Å²) >= 11 is 6.39. The molecule has 1 amide bonds. The van der Waals surface area contributed by atoms with E-state index in [0.717, 1.165) is 54.9 Å². The third-order valence-corrected chi connectivity index (χ3v) is 6.20. The molecular formula is C24H29ClN4O5. The number of hydrogen-bond acceptors (Lipinski definition) is 6. The summed E-state index contributed by atoms with van der Waals surface area (Å²) in [5, 5.41) is 11.7. The Bertz CT molecular complexity index is 1160. The number of benzene rings is 1. The summed E-state index contributed by atoms with van der Waals surface area (Å²) in [6.45, 7) is 3.46. The van der Waals surface area contributed by atoms with E-state index in [1.807, 2.05) is 10.6 Å². The number of halogens is 1. The van der Waals surface area contributed by atoms with Crippen LogP contribution in [0.3, 0.4) is 0 Å². The quantitative estimate of drug-likeness (QED) is 0.437. The minimum atomic E-state index is -0.990. The number of imidazole rings is 1. The second-order valence-electron chi connectivity index (χ2n) is 8.05. The monoisotopic (exact) mass is 488 g/mol. The Labute approximate surface area is 203 Å². The standard InChI is InChI=1S/C24H29ClN4O5/c1-32-21-13-22(33-2)18(25)11-17(21)19-15-29-14-16(5-3-4-6-26-24(30)31)20(12-23(29)27-19)28-7-9-34-10-8-28/h11-15,26H,3-10H2,1-2H3,(H,30,31). The molecule has 1 saturated heterocycles. The van der Waals surface area contributed by atoms with Crippen molar-refractivity contribution in [3.05, 3.63) is 41.2 Å². The van der Waals surface area contributed by atoms with Crippen molar-refractivity contribution in [1.82, 2.24) is 14.7 Å². The molecule has 9 nitrogen and oxygen atoms in total. The highest BCUT2D eigenvalue weighted by molar-refractivity contribution is 6.32. The third kappa shape index (κ3) is 5.31. The van der Waals surface area contributed by atoms with Gasteiger partial charge in [-0.1, -0.05) is 11.6 Å². The maximum absolute atomic E-state index is 10.7. The fourth-order valence-corrected chi connectivity index (χ4v) is 4.42. The predicted octanol–water partition coefficient (Wildman–Crippen LogP) is 4.10. The van der Waals surface area contributed by atoms with E-state index in [9.17, 15) is 4.79 Å². The van der Waals surface area contributed by atoms with Gasteiger partial charge in [-0.05, 0) is 30.9 Å². The van der Waals surface area contributed by atoms with Gasteiger partial charge in [-0.3, -0.25) is 0 Å². The highest BCUT2D eigenvalue weighted by Gasteiger charge is 2.19.